The van der Waals surface area contributed by atoms with Crippen molar-refractivity contribution in [1.82, 2.24) is 15.0 Å². The zero-order chi connectivity index (χ0) is 16.4. The predicted octanol–water partition coefficient (Wildman–Crippen LogP) is 2.63. The van der Waals surface area contributed by atoms with Crippen LogP contribution in [-0.4, -0.2) is 48.0 Å². The van der Waals surface area contributed by atoms with Crippen LogP contribution in [0.25, 0.3) is 0 Å². The van der Waals surface area contributed by atoms with Gasteiger partial charge in [0.25, 0.3) is 0 Å². The monoisotopic (exact) mass is 327 g/mol. The molecular weight excluding hydrogens is 311 g/mol. The fraction of sp³-hybridized carbons (Fsp3) is 0.467. The van der Waals surface area contributed by atoms with Gasteiger partial charge in [0.15, 0.2) is 5.82 Å². The van der Waals surface area contributed by atoms with Crippen molar-refractivity contribution in [3.63, 3.8) is 0 Å². The SMILES string of the molecule is COc1ccc(Cc2noc(C3CN(CC(F)(F)F)C3)n2)cc1. The number of halogens is 3. The van der Waals surface area contributed by atoms with Gasteiger partial charge in [0.1, 0.15) is 5.75 Å². The van der Waals surface area contributed by atoms with Gasteiger partial charge in [-0.1, -0.05) is 17.3 Å². The van der Waals surface area contributed by atoms with Gasteiger partial charge in [-0.25, -0.2) is 0 Å². The molecular formula is C15H16F3N3O2. The molecule has 0 bridgehead atoms. The molecule has 124 valence electrons. The normalized spacial score (nSPS) is 16.3. The van der Waals surface area contributed by atoms with Crippen LogP contribution in [0.4, 0.5) is 13.2 Å². The number of likely N-dealkylation sites (tertiary alicyclic amines) is 1. The number of rotatable bonds is 5. The molecule has 0 radical (unpaired) electrons. The highest BCUT2D eigenvalue weighted by Crippen LogP contribution is 2.29. The number of hydrogen-bond donors (Lipinski definition) is 0. The van der Waals surface area contributed by atoms with Gasteiger partial charge in [-0.05, 0) is 17.7 Å². The van der Waals surface area contributed by atoms with Gasteiger partial charge in [-0.2, -0.15) is 18.2 Å². The van der Waals surface area contributed by atoms with Crippen LogP contribution in [0.2, 0.25) is 0 Å². The summed E-state index contributed by atoms with van der Waals surface area (Å²) in [6.45, 7) is -0.302. The van der Waals surface area contributed by atoms with E-state index in [-0.39, 0.29) is 5.92 Å². The van der Waals surface area contributed by atoms with Crippen molar-refractivity contribution in [2.45, 2.75) is 18.5 Å². The lowest BCUT2D eigenvalue weighted by molar-refractivity contribution is -0.155. The standard InChI is InChI=1S/C15H16F3N3O2/c1-22-12-4-2-10(3-5-12)6-13-19-14(23-20-13)11-7-21(8-11)9-15(16,17)18/h2-5,11H,6-9H2,1H3. The Morgan fingerprint density at radius 3 is 2.57 bits per heavy atom. The molecule has 2 heterocycles. The van der Waals surface area contributed by atoms with Crippen LogP contribution in [0.5, 0.6) is 5.75 Å². The van der Waals surface area contributed by atoms with Gasteiger partial charge in [0.05, 0.1) is 19.6 Å². The van der Waals surface area contributed by atoms with E-state index in [0.717, 1.165) is 11.3 Å². The second-order valence-electron chi connectivity index (χ2n) is 5.58. The molecule has 0 spiro atoms. The molecule has 5 nitrogen and oxygen atoms in total. The van der Waals surface area contributed by atoms with Crippen molar-refractivity contribution in [1.29, 1.82) is 0 Å². The number of ether oxygens (including phenoxy) is 1. The molecule has 8 heteroatoms. The Morgan fingerprint density at radius 2 is 1.96 bits per heavy atom. The van der Waals surface area contributed by atoms with E-state index >= 15 is 0 Å². The molecule has 23 heavy (non-hydrogen) atoms. The van der Waals surface area contributed by atoms with Crippen LogP contribution in [0, 0.1) is 0 Å². The van der Waals surface area contributed by atoms with Crippen LogP contribution in [0.1, 0.15) is 23.2 Å². The Labute approximate surface area is 131 Å². The van der Waals surface area contributed by atoms with E-state index in [2.05, 4.69) is 10.1 Å². The van der Waals surface area contributed by atoms with E-state index in [1.165, 1.54) is 4.90 Å². The number of hydrogen-bond acceptors (Lipinski definition) is 5. The van der Waals surface area contributed by atoms with Crippen molar-refractivity contribution in [2.75, 3.05) is 26.7 Å². The summed E-state index contributed by atoms with van der Waals surface area (Å²) in [4.78, 5) is 5.60. The molecule has 1 aromatic heterocycles. The van der Waals surface area contributed by atoms with Crippen LogP contribution in [-0.2, 0) is 6.42 Å². The first-order valence-corrected chi connectivity index (χ1v) is 7.17. The van der Waals surface area contributed by atoms with E-state index < -0.39 is 12.7 Å². The van der Waals surface area contributed by atoms with E-state index in [1.807, 2.05) is 24.3 Å². The van der Waals surface area contributed by atoms with Crippen molar-refractivity contribution in [2.24, 2.45) is 0 Å². The first-order valence-electron chi connectivity index (χ1n) is 7.17. The lowest BCUT2D eigenvalue weighted by atomic mass is 10.0. The minimum Gasteiger partial charge on any atom is -0.497 e. The van der Waals surface area contributed by atoms with Gasteiger partial charge < -0.3 is 9.26 Å². The average molecular weight is 327 g/mol. The molecule has 0 saturated carbocycles. The summed E-state index contributed by atoms with van der Waals surface area (Å²) >= 11 is 0. The highest BCUT2D eigenvalue weighted by atomic mass is 19.4. The minimum atomic E-state index is -4.17. The van der Waals surface area contributed by atoms with Crippen molar-refractivity contribution < 1.29 is 22.4 Å². The van der Waals surface area contributed by atoms with Gasteiger partial charge in [-0.15, -0.1) is 0 Å². The maximum absolute atomic E-state index is 12.3. The summed E-state index contributed by atoms with van der Waals surface area (Å²) in [6.07, 6.45) is -3.66. The summed E-state index contributed by atoms with van der Waals surface area (Å²) < 4.78 is 47.0. The summed E-state index contributed by atoms with van der Waals surface area (Å²) in [6, 6.07) is 7.50. The summed E-state index contributed by atoms with van der Waals surface area (Å²) in [7, 11) is 1.60. The third-order valence-electron chi connectivity index (χ3n) is 3.71. The molecule has 0 aliphatic carbocycles. The fourth-order valence-electron chi connectivity index (χ4n) is 2.54. The Hall–Kier alpha value is -2.09. The summed E-state index contributed by atoms with van der Waals surface area (Å²) in [5.41, 5.74) is 1.01. The van der Waals surface area contributed by atoms with E-state index in [4.69, 9.17) is 9.26 Å². The molecule has 0 amide bonds. The number of methoxy groups -OCH3 is 1. The third-order valence-corrected chi connectivity index (χ3v) is 3.71. The molecule has 0 N–H and O–H groups in total. The maximum Gasteiger partial charge on any atom is 0.401 e. The molecule has 1 aliphatic rings. The van der Waals surface area contributed by atoms with Crippen LogP contribution >= 0.6 is 0 Å². The number of aromatic nitrogens is 2. The average Bonchev–Trinajstić information content (AvgIpc) is 2.90. The molecule has 1 fully saturated rings. The molecule has 0 unspecified atom stereocenters. The van der Waals surface area contributed by atoms with E-state index in [9.17, 15) is 13.2 Å². The first kappa shape index (κ1) is 15.8. The number of alkyl halides is 3. The van der Waals surface area contributed by atoms with Crippen LogP contribution in [0.3, 0.4) is 0 Å². The molecule has 1 saturated heterocycles. The number of benzene rings is 1. The largest absolute Gasteiger partial charge is 0.497 e. The van der Waals surface area contributed by atoms with Gasteiger partial charge in [0.2, 0.25) is 5.89 Å². The molecule has 3 rings (SSSR count). The number of nitrogens with zero attached hydrogens (tertiary/aromatic N) is 3. The van der Waals surface area contributed by atoms with Gasteiger partial charge in [-0.3, -0.25) is 4.90 Å². The molecule has 0 atom stereocenters. The lowest BCUT2D eigenvalue weighted by Gasteiger charge is -2.37. The Balaban J connectivity index is 1.54. The van der Waals surface area contributed by atoms with Crippen molar-refractivity contribution >= 4 is 0 Å². The zero-order valence-electron chi connectivity index (χ0n) is 12.5. The van der Waals surface area contributed by atoms with Gasteiger partial charge in [0, 0.05) is 19.5 Å². The summed E-state index contributed by atoms with van der Waals surface area (Å²) in [5.74, 6) is 1.59. The Morgan fingerprint density at radius 1 is 1.26 bits per heavy atom. The topological polar surface area (TPSA) is 51.4 Å². The lowest BCUT2D eigenvalue weighted by Crippen LogP contribution is -2.49. The predicted molar refractivity (Wildman–Crippen MR) is 75.3 cm³/mol. The maximum atomic E-state index is 12.3. The van der Waals surface area contributed by atoms with Crippen molar-refractivity contribution in [3.05, 3.63) is 41.5 Å². The second kappa shape index (κ2) is 6.19. The zero-order valence-corrected chi connectivity index (χ0v) is 12.5. The van der Waals surface area contributed by atoms with Crippen LogP contribution < -0.4 is 4.74 Å². The highest BCUT2D eigenvalue weighted by molar-refractivity contribution is 5.28. The molecule has 2 aromatic rings. The highest BCUT2D eigenvalue weighted by Gasteiger charge is 2.39. The summed E-state index contributed by atoms with van der Waals surface area (Å²) in [5, 5.41) is 3.90. The molecule has 1 aromatic carbocycles. The quantitative estimate of drug-likeness (QED) is 0.845. The van der Waals surface area contributed by atoms with Crippen LogP contribution in [0.15, 0.2) is 28.8 Å². The van der Waals surface area contributed by atoms with Crippen molar-refractivity contribution in [3.8, 4) is 5.75 Å². The fourth-order valence-corrected chi connectivity index (χ4v) is 2.54. The Kier molecular flexibility index (Phi) is 4.25. The Bertz CT molecular complexity index is 649. The third kappa shape index (κ3) is 4.01. The van der Waals surface area contributed by atoms with E-state index in [0.29, 0.717) is 31.2 Å². The first-order chi connectivity index (χ1) is 10.9. The van der Waals surface area contributed by atoms with Gasteiger partial charge >= 0.3 is 6.18 Å². The minimum absolute atomic E-state index is 0.116. The second-order valence-corrected chi connectivity index (χ2v) is 5.58. The molecule has 1 aliphatic heterocycles. The van der Waals surface area contributed by atoms with E-state index in [1.54, 1.807) is 7.11 Å². The smallest absolute Gasteiger partial charge is 0.401 e.